The molecule has 0 saturated carbocycles. The quantitative estimate of drug-likeness (QED) is 0.0262. The van der Waals surface area contributed by atoms with Gasteiger partial charge in [0.15, 0.2) is 57.8 Å². The van der Waals surface area contributed by atoms with E-state index in [9.17, 15) is 96.4 Å². The van der Waals surface area contributed by atoms with E-state index in [1.54, 1.807) is 101 Å². The van der Waals surface area contributed by atoms with E-state index in [-0.39, 0.29) is 146 Å². The van der Waals surface area contributed by atoms with E-state index in [1.165, 1.54) is 126 Å². The maximum absolute atomic E-state index is 11.1. The van der Waals surface area contributed by atoms with E-state index in [2.05, 4.69) is 12.2 Å². The van der Waals surface area contributed by atoms with Crippen LogP contribution in [0, 0.1) is 0 Å². The summed E-state index contributed by atoms with van der Waals surface area (Å²) in [6.07, 6.45) is 7.85. The molecular formula is C77H106NNa3O27S3. The molecule has 1 N–H and O–H groups in total. The molecule has 5 aromatic rings. The van der Waals surface area contributed by atoms with Gasteiger partial charge in [-0.15, -0.1) is 0 Å². The molecule has 0 aromatic heterocycles. The molecule has 1 unspecified atom stereocenters. The zero-order valence-electron chi connectivity index (χ0n) is 68.0. The first-order valence-corrected chi connectivity index (χ1v) is 37.9. The first-order valence-electron chi connectivity index (χ1n) is 33.6. The second-order valence-electron chi connectivity index (χ2n) is 23.3. The number of carbonyl (C=O) groups is 12. The zero-order chi connectivity index (χ0) is 83.9. The van der Waals surface area contributed by atoms with Crippen LogP contribution in [0.15, 0.2) is 119 Å². The molecule has 0 heterocycles. The van der Waals surface area contributed by atoms with Crippen molar-refractivity contribution < 1.29 is 214 Å². The number of hydrogen-bond donors (Lipinski definition) is 1. The molecule has 0 aliphatic heterocycles. The molecule has 0 aliphatic rings. The van der Waals surface area contributed by atoms with Crippen LogP contribution < -0.4 is 94.0 Å². The van der Waals surface area contributed by atoms with Crippen molar-refractivity contribution in [1.82, 2.24) is 5.32 Å². The van der Waals surface area contributed by atoms with Crippen molar-refractivity contribution in [1.29, 1.82) is 0 Å². The Labute approximate surface area is 721 Å². The molecule has 0 saturated heterocycles. The van der Waals surface area contributed by atoms with Crippen LogP contribution in [-0.4, -0.2) is 208 Å². The van der Waals surface area contributed by atoms with E-state index in [1.807, 2.05) is 7.05 Å². The van der Waals surface area contributed by atoms with Gasteiger partial charge in [-0.05, 0) is 152 Å². The summed E-state index contributed by atoms with van der Waals surface area (Å²) in [6, 6.07) is 26.5. The molecule has 0 spiro atoms. The third-order valence-corrected chi connectivity index (χ3v) is 16.7. The van der Waals surface area contributed by atoms with Gasteiger partial charge < -0.3 is 47.4 Å². The Morgan fingerprint density at radius 3 is 0.757 bits per heavy atom. The Morgan fingerprint density at radius 1 is 0.342 bits per heavy atom. The van der Waals surface area contributed by atoms with Crippen LogP contribution >= 0.6 is 0 Å². The number of nitrogens with one attached hydrogen (secondary N) is 1. The van der Waals surface area contributed by atoms with Crippen LogP contribution in [0.4, 0.5) is 0 Å². The molecule has 34 heteroatoms. The van der Waals surface area contributed by atoms with E-state index in [0.29, 0.717) is 86.2 Å². The normalized spacial score (nSPS) is 10.4. The van der Waals surface area contributed by atoms with E-state index in [0.717, 1.165) is 38.1 Å². The van der Waals surface area contributed by atoms with Crippen LogP contribution in [0.1, 0.15) is 239 Å². The number of rotatable bonds is 35. The van der Waals surface area contributed by atoms with Gasteiger partial charge in [0, 0.05) is 90.5 Å². The number of carbonyl (C=O) groups excluding carboxylic acids is 12. The molecule has 0 fully saturated rings. The number of hydrogen-bond acceptors (Lipinski definition) is 28. The molecule has 111 heavy (non-hydrogen) atoms. The fraction of sp³-hybridized carbons (Fsp3) is 0.455. The largest absolute Gasteiger partial charge is 1.00 e. The zero-order valence-corrected chi connectivity index (χ0v) is 76.5. The van der Waals surface area contributed by atoms with Crippen LogP contribution in [0.2, 0.25) is 0 Å². The standard InChI is InChI=1S/2C10H10O5S.3C10H10O2.C9H21N.C6H10O5S.2C6H14O3.3Na/c2*1-6(11)8-3-9(7(2)12)5-10(4-8)16(13,14)15;1-7(11)9-3-5-10(6-4-9)8(2)12;2*1-7(11)9-4-3-5-10(6-9)8(2)12;1-3-4-5-6-7-8-9-10-2;1-4(7)3-6(5(2)8)12(9,10)11;2*1-7-3-5-9-6-4-8-2;;;/h2*3-5H,1-2H3,(H,13,14,15);3*3-6H,1-2H3;10H,3-9H2,1-2H3;6H,3H2,1-2H3,(H,9,10,11);2*3-6H2,1-2H3;;;/q;;;;;;;;;3*+1/p-3. The van der Waals surface area contributed by atoms with Gasteiger partial charge in [0.1, 0.15) is 47.2 Å². The number of Topliss-reactive ketones (excluding diaryl/α,β-unsaturated/α-hetero) is 12. The summed E-state index contributed by atoms with van der Waals surface area (Å²) < 4.78 is 125. The monoisotopic (exact) mass is 1640 g/mol. The van der Waals surface area contributed by atoms with Crippen molar-refractivity contribution in [3.63, 3.8) is 0 Å². The molecule has 5 aromatic carbocycles. The topological polar surface area (TPSA) is 444 Å². The molecule has 602 valence electrons. The molecular weight excluding hydrogens is 1540 g/mol. The van der Waals surface area contributed by atoms with Gasteiger partial charge in [0.25, 0.3) is 0 Å². The molecule has 0 aliphatic carbocycles. The summed E-state index contributed by atoms with van der Waals surface area (Å²) in [5, 5.41) is 1.45. The Hall–Kier alpha value is -5.41. The van der Waals surface area contributed by atoms with Crippen LogP contribution in [0.25, 0.3) is 0 Å². The maximum atomic E-state index is 11.1. The Kier molecular flexibility index (Phi) is 72.7. The summed E-state index contributed by atoms with van der Waals surface area (Å²) in [5.41, 5.74) is 3.74. The van der Waals surface area contributed by atoms with E-state index in [4.69, 9.17) is 28.4 Å². The van der Waals surface area contributed by atoms with Gasteiger partial charge in [-0.2, -0.15) is 0 Å². The predicted molar refractivity (Wildman–Crippen MR) is 404 cm³/mol. The van der Waals surface area contributed by atoms with E-state index >= 15 is 0 Å². The number of ether oxygens (including phenoxy) is 6. The molecule has 0 amide bonds. The minimum Gasteiger partial charge on any atom is -0.747 e. The molecule has 28 nitrogen and oxygen atoms in total. The van der Waals surface area contributed by atoms with Crippen LogP contribution in [0.5, 0.6) is 0 Å². The minimum absolute atomic E-state index is 0. The summed E-state index contributed by atoms with van der Waals surface area (Å²) in [6.45, 7) is 24.6. The third-order valence-electron chi connectivity index (χ3n) is 13.8. The van der Waals surface area contributed by atoms with Crippen LogP contribution in [-0.2, 0) is 68.4 Å². The summed E-state index contributed by atoms with van der Waals surface area (Å²) >= 11 is 0. The predicted octanol–water partition coefficient (Wildman–Crippen LogP) is 1.91. The first kappa shape index (κ1) is 119. The van der Waals surface area contributed by atoms with Crippen molar-refractivity contribution in [2.45, 2.75) is 150 Å². The van der Waals surface area contributed by atoms with Gasteiger partial charge in [0.2, 0.25) is 0 Å². The van der Waals surface area contributed by atoms with Crippen molar-refractivity contribution in [2.75, 3.05) is 94.9 Å². The van der Waals surface area contributed by atoms with Crippen molar-refractivity contribution >= 4 is 99.8 Å². The summed E-state index contributed by atoms with van der Waals surface area (Å²) in [7, 11) is -5.39. The van der Waals surface area contributed by atoms with Gasteiger partial charge in [0.05, 0.1) is 62.6 Å². The number of benzene rings is 5. The van der Waals surface area contributed by atoms with Gasteiger partial charge >= 0.3 is 88.7 Å². The number of ketones is 12. The molecule has 0 radical (unpaired) electrons. The number of unbranched alkanes of at least 4 members (excludes halogenated alkanes) is 5. The van der Waals surface area contributed by atoms with E-state index < -0.39 is 86.5 Å². The van der Waals surface area contributed by atoms with Crippen molar-refractivity contribution in [2.24, 2.45) is 0 Å². The van der Waals surface area contributed by atoms with Crippen LogP contribution in [0.3, 0.4) is 0 Å². The van der Waals surface area contributed by atoms with Gasteiger partial charge in [-0.1, -0.05) is 99.7 Å². The maximum Gasteiger partial charge on any atom is 1.00 e. The first-order chi connectivity index (χ1) is 50.2. The molecule has 1 atom stereocenters. The second kappa shape index (κ2) is 67.9. The summed E-state index contributed by atoms with van der Waals surface area (Å²) in [5.74, 6) is -2.94. The SMILES string of the molecule is CC(=O)CC(C(C)=O)S(=O)(=O)[O-].CC(=O)c1cc(C(C)=O)cc(S(=O)(=O)[O-])c1.CC(=O)c1cc(C(C)=O)cc(S(=O)(=O)[O-])c1.CC(=O)c1ccc(C(C)=O)cc1.CC(=O)c1cccc(C(C)=O)c1.CC(=O)c1cccc(C(C)=O)c1.CCCCCCCCNC.COCCOCCOC.COCCOCCOC.[Na+].[Na+].[Na+]. The van der Waals surface area contributed by atoms with Crippen molar-refractivity contribution in [3.05, 3.63) is 165 Å². The minimum atomic E-state index is -4.68. The second-order valence-corrected chi connectivity index (χ2v) is 27.6. The number of methoxy groups -OCH3 is 4. The summed E-state index contributed by atoms with van der Waals surface area (Å²) in [4.78, 5) is 130. The average Bonchev–Trinajstić information content (AvgIpc) is 0.823. The van der Waals surface area contributed by atoms with Crippen molar-refractivity contribution in [3.8, 4) is 0 Å². The molecule has 5 rings (SSSR count). The average molecular weight is 1640 g/mol. The fourth-order valence-electron chi connectivity index (χ4n) is 7.72. The van der Waals surface area contributed by atoms with Gasteiger partial charge in [-0.3, -0.25) is 57.5 Å². The molecule has 0 bridgehead atoms. The Morgan fingerprint density at radius 2 is 0.577 bits per heavy atom. The Balaban J connectivity index is -0.000000220. The smallest absolute Gasteiger partial charge is 0.747 e. The Bertz CT molecular complexity index is 3670. The third kappa shape index (κ3) is 61.7. The fourth-order valence-corrected chi connectivity index (χ4v) is 9.65. The van der Waals surface area contributed by atoms with Gasteiger partial charge in [-0.25, -0.2) is 25.3 Å².